The predicted molar refractivity (Wildman–Crippen MR) is 72.5 cm³/mol. The van der Waals surface area contributed by atoms with Gasteiger partial charge in [-0.15, -0.1) is 0 Å². The summed E-state index contributed by atoms with van der Waals surface area (Å²) in [6, 6.07) is 12.3. The van der Waals surface area contributed by atoms with Gasteiger partial charge in [0.2, 0.25) is 0 Å². The minimum atomic E-state index is -0.587. The number of nitrogens with zero attached hydrogens (tertiary/aromatic N) is 1. The highest BCUT2D eigenvalue weighted by Crippen LogP contribution is 2.20. The maximum absolute atomic E-state index is 12.0. The number of nitro benzene ring substituents is 1. The molecule has 5 nitrogen and oxygen atoms in total. The average molecular weight is 277 g/mol. The summed E-state index contributed by atoms with van der Waals surface area (Å²) in [5.74, 6) is -0.533. The topological polar surface area (TPSA) is 72.2 Å². The van der Waals surface area contributed by atoms with Gasteiger partial charge in [0.15, 0.2) is 0 Å². The zero-order chi connectivity index (χ0) is 13.8. The number of nitro groups is 1. The maximum atomic E-state index is 12.0. The third-order valence-corrected chi connectivity index (χ3v) is 2.70. The summed E-state index contributed by atoms with van der Waals surface area (Å²) < 4.78 is 0. The zero-order valence-electron chi connectivity index (χ0n) is 9.67. The van der Waals surface area contributed by atoms with E-state index in [1.165, 1.54) is 18.2 Å². The Morgan fingerprint density at radius 1 is 1.11 bits per heavy atom. The molecular formula is C13H9ClN2O3. The molecule has 0 spiro atoms. The summed E-state index contributed by atoms with van der Waals surface area (Å²) >= 11 is 5.73. The van der Waals surface area contributed by atoms with E-state index in [9.17, 15) is 14.9 Å². The first-order valence-electron chi connectivity index (χ1n) is 5.38. The van der Waals surface area contributed by atoms with Crippen LogP contribution in [0.2, 0.25) is 5.02 Å². The number of carbonyl (C=O) groups is 1. The lowest BCUT2D eigenvalue weighted by molar-refractivity contribution is -0.385. The summed E-state index contributed by atoms with van der Waals surface area (Å²) in [6.45, 7) is 0. The van der Waals surface area contributed by atoms with Crippen LogP contribution in [0, 0.1) is 10.1 Å². The lowest BCUT2D eigenvalue weighted by Crippen LogP contribution is -2.13. The van der Waals surface area contributed by atoms with Crippen LogP contribution in [0.3, 0.4) is 0 Å². The Balaban J connectivity index is 2.25. The van der Waals surface area contributed by atoms with Gasteiger partial charge in [-0.25, -0.2) is 0 Å². The highest BCUT2D eigenvalue weighted by molar-refractivity contribution is 6.30. The van der Waals surface area contributed by atoms with E-state index in [4.69, 9.17) is 11.6 Å². The van der Waals surface area contributed by atoms with E-state index in [0.717, 1.165) is 0 Å². The van der Waals surface area contributed by atoms with E-state index in [1.807, 2.05) is 0 Å². The molecule has 2 rings (SSSR count). The van der Waals surface area contributed by atoms with Crippen LogP contribution in [-0.4, -0.2) is 10.8 Å². The van der Waals surface area contributed by atoms with Crippen LogP contribution >= 0.6 is 11.6 Å². The minimum absolute atomic E-state index is 0.0162. The molecule has 0 saturated carbocycles. The molecule has 2 aromatic carbocycles. The van der Waals surface area contributed by atoms with Gasteiger partial charge in [-0.2, -0.15) is 0 Å². The molecule has 1 N–H and O–H groups in total. The van der Waals surface area contributed by atoms with Crippen molar-refractivity contribution in [3.05, 3.63) is 69.2 Å². The molecule has 19 heavy (non-hydrogen) atoms. The van der Waals surface area contributed by atoms with Crippen molar-refractivity contribution in [2.24, 2.45) is 0 Å². The van der Waals surface area contributed by atoms with Crippen LogP contribution in [0.25, 0.3) is 0 Å². The molecular weight excluding hydrogens is 268 g/mol. The zero-order valence-corrected chi connectivity index (χ0v) is 10.4. The molecule has 0 radical (unpaired) electrons. The molecule has 0 heterocycles. The van der Waals surface area contributed by atoms with Gasteiger partial charge in [0.05, 0.1) is 4.92 Å². The second-order valence-corrected chi connectivity index (χ2v) is 4.17. The largest absolute Gasteiger partial charge is 0.322 e. The second-order valence-electron chi connectivity index (χ2n) is 3.74. The number of anilines is 1. The normalized spacial score (nSPS) is 9.95. The average Bonchev–Trinajstić information content (AvgIpc) is 2.41. The lowest BCUT2D eigenvalue weighted by atomic mass is 10.1. The first-order chi connectivity index (χ1) is 9.08. The summed E-state index contributed by atoms with van der Waals surface area (Å²) in [5.41, 5.74) is 0.309. The Kier molecular flexibility index (Phi) is 3.77. The van der Waals surface area contributed by atoms with Crippen LogP contribution in [-0.2, 0) is 0 Å². The molecule has 6 heteroatoms. The summed E-state index contributed by atoms with van der Waals surface area (Å²) in [5, 5.41) is 14.0. The molecule has 0 atom stereocenters. The van der Waals surface area contributed by atoms with Gasteiger partial charge in [-0.05, 0) is 30.3 Å². The molecule has 0 aromatic heterocycles. The molecule has 0 saturated heterocycles. The van der Waals surface area contributed by atoms with E-state index >= 15 is 0 Å². The fourth-order valence-corrected chi connectivity index (χ4v) is 1.68. The van der Waals surface area contributed by atoms with Gasteiger partial charge in [0.1, 0.15) is 5.56 Å². The van der Waals surface area contributed by atoms with E-state index in [1.54, 1.807) is 30.3 Å². The van der Waals surface area contributed by atoms with Gasteiger partial charge >= 0.3 is 0 Å². The molecule has 0 aliphatic carbocycles. The van der Waals surface area contributed by atoms with E-state index < -0.39 is 10.8 Å². The van der Waals surface area contributed by atoms with Gasteiger partial charge in [-0.3, -0.25) is 14.9 Å². The molecule has 0 fully saturated rings. The van der Waals surface area contributed by atoms with Gasteiger partial charge in [0, 0.05) is 16.8 Å². The molecule has 96 valence electrons. The van der Waals surface area contributed by atoms with Crippen LogP contribution in [0.1, 0.15) is 10.4 Å². The standard InChI is InChI=1S/C13H9ClN2O3/c14-9-5-7-10(8-6-9)15-13(17)11-3-1-2-4-12(11)16(18)19/h1-8H,(H,15,17). The maximum Gasteiger partial charge on any atom is 0.282 e. The van der Waals surface area contributed by atoms with Gasteiger partial charge in [0.25, 0.3) is 11.6 Å². The van der Waals surface area contributed by atoms with Crippen LogP contribution in [0.4, 0.5) is 11.4 Å². The Bertz CT molecular complexity index is 626. The van der Waals surface area contributed by atoms with E-state index in [0.29, 0.717) is 10.7 Å². The van der Waals surface area contributed by atoms with Gasteiger partial charge < -0.3 is 5.32 Å². The van der Waals surface area contributed by atoms with Crippen molar-refractivity contribution >= 4 is 28.9 Å². The number of hydrogen-bond acceptors (Lipinski definition) is 3. The first kappa shape index (κ1) is 13.0. The quantitative estimate of drug-likeness (QED) is 0.689. The number of benzene rings is 2. The number of hydrogen-bond donors (Lipinski definition) is 1. The second kappa shape index (κ2) is 5.49. The van der Waals surface area contributed by atoms with Crippen LogP contribution in [0.15, 0.2) is 48.5 Å². The van der Waals surface area contributed by atoms with Crippen molar-refractivity contribution in [1.29, 1.82) is 0 Å². The number of amides is 1. The Morgan fingerprint density at radius 3 is 2.37 bits per heavy atom. The number of halogens is 1. The summed E-state index contributed by atoms with van der Waals surface area (Å²) in [7, 11) is 0. The predicted octanol–water partition coefficient (Wildman–Crippen LogP) is 3.50. The highest BCUT2D eigenvalue weighted by atomic mass is 35.5. The van der Waals surface area contributed by atoms with Crippen molar-refractivity contribution in [2.45, 2.75) is 0 Å². The molecule has 0 bridgehead atoms. The fraction of sp³-hybridized carbons (Fsp3) is 0. The molecule has 0 aliphatic heterocycles. The summed E-state index contributed by atoms with van der Waals surface area (Å²) in [4.78, 5) is 22.2. The number of para-hydroxylation sites is 1. The van der Waals surface area contributed by atoms with Crippen molar-refractivity contribution < 1.29 is 9.72 Å². The Labute approximate surface area is 114 Å². The summed E-state index contributed by atoms with van der Waals surface area (Å²) in [6.07, 6.45) is 0. The minimum Gasteiger partial charge on any atom is -0.322 e. The smallest absolute Gasteiger partial charge is 0.282 e. The van der Waals surface area contributed by atoms with Crippen molar-refractivity contribution in [3.63, 3.8) is 0 Å². The van der Waals surface area contributed by atoms with Crippen molar-refractivity contribution in [1.82, 2.24) is 0 Å². The van der Waals surface area contributed by atoms with Crippen LogP contribution < -0.4 is 5.32 Å². The van der Waals surface area contributed by atoms with Crippen molar-refractivity contribution in [3.8, 4) is 0 Å². The molecule has 0 unspecified atom stereocenters. The van der Waals surface area contributed by atoms with Crippen LogP contribution in [0.5, 0.6) is 0 Å². The number of carbonyl (C=O) groups excluding carboxylic acids is 1. The third kappa shape index (κ3) is 3.08. The number of nitrogens with one attached hydrogen (secondary N) is 1. The van der Waals surface area contributed by atoms with Gasteiger partial charge in [-0.1, -0.05) is 23.7 Å². The first-order valence-corrected chi connectivity index (χ1v) is 5.76. The Morgan fingerprint density at radius 2 is 1.74 bits per heavy atom. The molecule has 1 amide bonds. The SMILES string of the molecule is O=C(Nc1ccc(Cl)cc1)c1ccccc1[N+](=O)[O-]. The highest BCUT2D eigenvalue weighted by Gasteiger charge is 2.18. The third-order valence-electron chi connectivity index (χ3n) is 2.45. The van der Waals surface area contributed by atoms with E-state index in [2.05, 4.69) is 5.32 Å². The molecule has 0 aliphatic rings. The lowest BCUT2D eigenvalue weighted by Gasteiger charge is -2.05. The Hall–Kier alpha value is -2.40. The number of rotatable bonds is 3. The monoisotopic (exact) mass is 276 g/mol. The van der Waals surface area contributed by atoms with Crippen molar-refractivity contribution in [2.75, 3.05) is 5.32 Å². The molecule has 2 aromatic rings. The van der Waals surface area contributed by atoms with E-state index in [-0.39, 0.29) is 11.3 Å². The fourth-order valence-electron chi connectivity index (χ4n) is 1.56.